The second-order valence-corrected chi connectivity index (χ2v) is 9.47. The molecule has 0 radical (unpaired) electrons. The summed E-state index contributed by atoms with van der Waals surface area (Å²) in [6, 6.07) is 12.5. The first-order chi connectivity index (χ1) is 17.7. The van der Waals surface area contributed by atoms with Gasteiger partial charge in [0.25, 0.3) is 0 Å². The van der Waals surface area contributed by atoms with Crippen LogP contribution in [-0.4, -0.2) is 27.8 Å². The van der Waals surface area contributed by atoms with Gasteiger partial charge in [-0.3, -0.25) is 9.48 Å². The summed E-state index contributed by atoms with van der Waals surface area (Å²) >= 11 is 6.01. The molecular formula is C28H25ClN4O4. The number of rotatable bonds is 5. The largest absolute Gasteiger partial charge is 0.464 e. The smallest absolute Gasteiger partial charge is 0.358 e. The molecule has 9 heteroatoms. The molecule has 5 aromatic rings. The fourth-order valence-corrected chi connectivity index (χ4v) is 4.72. The van der Waals surface area contributed by atoms with E-state index in [9.17, 15) is 9.59 Å². The minimum absolute atomic E-state index is 0.0709. The van der Waals surface area contributed by atoms with Gasteiger partial charge in [0.15, 0.2) is 11.1 Å². The molecule has 0 aliphatic carbocycles. The lowest BCUT2D eigenvalue weighted by atomic mass is 9.98. The number of nitrogens with zero attached hydrogens (tertiary/aromatic N) is 3. The molecule has 1 atom stereocenters. The van der Waals surface area contributed by atoms with E-state index in [1.807, 2.05) is 57.4 Å². The molecule has 37 heavy (non-hydrogen) atoms. The molecule has 5 rings (SSSR count). The number of carbonyl (C=O) groups excluding carboxylic acids is 1. The number of nitrogens with one attached hydrogen (secondary N) is 1. The zero-order chi connectivity index (χ0) is 26.4. The third kappa shape index (κ3) is 4.44. The third-order valence-electron chi connectivity index (χ3n) is 6.35. The second-order valence-electron chi connectivity index (χ2n) is 9.08. The van der Waals surface area contributed by atoms with Crippen LogP contribution in [-0.2, 0) is 11.8 Å². The summed E-state index contributed by atoms with van der Waals surface area (Å²) in [4.78, 5) is 29.9. The molecule has 0 bridgehead atoms. The Kier molecular flexibility index (Phi) is 6.21. The number of hydrogen-bond donors (Lipinski definition) is 1. The molecule has 0 aliphatic rings. The van der Waals surface area contributed by atoms with Crippen LogP contribution in [0.1, 0.15) is 40.1 Å². The number of ether oxygens (including phenoxy) is 1. The molecule has 1 N–H and O–H groups in total. The number of benzene rings is 2. The van der Waals surface area contributed by atoms with Gasteiger partial charge in [-0.1, -0.05) is 17.7 Å². The van der Waals surface area contributed by atoms with E-state index in [1.165, 1.54) is 7.11 Å². The highest BCUT2D eigenvalue weighted by molar-refractivity contribution is 6.29. The molecule has 0 spiro atoms. The summed E-state index contributed by atoms with van der Waals surface area (Å²) in [5.41, 5.74) is 4.76. The van der Waals surface area contributed by atoms with Crippen LogP contribution in [0.5, 0.6) is 0 Å². The molecule has 8 nitrogen and oxygen atoms in total. The quantitative estimate of drug-likeness (QED) is 0.227. The first-order valence-corrected chi connectivity index (χ1v) is 12.1. The van der Waals surface area contributed by atoms with Gasteiger partial charge in [-0.2, -0.15) is 5.10 Å². The molecule has 0 saturated heterocycles. The van der Waals surface area contributed by atoms with Gasteiger partial charge in [0.2, 0.25) is 0 Å². The molecule has 188 valence electrons. The predicted octanol–water partition coefficient (Wildman–Crippen LogP) is 5.97. The Morgan fingerprint density at radius 3 is 2.70 bits per heavy atom. The Labute approximate surface area is 217 Å². The van der Waals surface area contributed by atoms with E-state index in [1.54, 1.807) is 23.7 Å². The molecule has 1 unspecified atom stereocenters. The van der Waals surface area contributed by atoms with Crippen molar-refractivity contribution < 1.29 is 13.9 Å². The highest BCUT2D eigenvalue weighted by Gasteiger charge is 2.22. The molecular weight excluding hydrogens is 492 g/mol. The normalized spacial score (nSPS) is 12.2. The van der Waals surface area contributed by atoms with Crippen molar-refractivity contribution in [1.82, 2.24) is 14.8 Å². The van der Waals surface area contributed by atoms with E-state index in [0.29, 0.717) is 28.0 Å². The van der Waals surface area contributed by atoms with E-state index >= 15 is 0 Å². The van der Waals surface area contributed by atoms with Crippen molar-refractivity contribution in [2.45, 2.75) is 26.8 Å². The molecule has 2 aromatic carbocycles. The number of pyridine rings is 1. The average molecular weight is 517 g/mol. The number of aryl methyl sites for hydroxylation is 2. The minimum atomic E-state index is -0.610. The van der Waals surface area contributed by atoms with Gasteiger partial charge in [-0.05, 0) is 62.7 Å². The highest BCUT2D eigenvalue weighted by atomic mass is 35.5. The maximum atomic E-state index is 13.5. The van der Waals surface area contributed by atoms with Crippen LogP contribution in [0.2, 0.25) is 5.15 Å². The number of methoxy groups -OCH3 is 1. The van der Waals surface area contributed by atoms with Crippen molar-refractivity contribution in [2.24, 2.45) is 7.05 Å². The summed E-state index contributed by atoms with van der Waals surface area (Å²) in [7, 11) is 3.15. The lowest BCUT2D eigenvalue weighted by molar-refractivity contribution is 0.0595. The summed E-state index contributed by atoms with van der Waals surface area (Å²) in [5, 5.41) is 9.36. The van der Waals surface area contributed by atoms with Crippen molar-refractivity contribution in [3.63, 3.8) is 0 Å². The third-order valence-corrected chi connectivity index (χ3v) is 6.56. The van der Waals surface area contributed by atoms with Crippen LogP contribution in [0.15, 0.2) is 57.9 Å². The van der Waals surface area contributed by atoms with Crippen molar-refractivity contribution >= 4 is 45.1 Å². The number of esters is 1. The van der Waals surface area contributed by atoms with Crippen molar-refractivity contribution in [2.75, 3.05) is 12.4 Å². The Bertz CT molecular complexity index is 1760. The molecule has 0 amide bonds. The monoisotopic (exact) mass is 516 g/mol. The highest BCUT2D eigenvalue weighted by Crippen LogP contribution is 2.33. The number of aromatic nitrogens is 3. The van der Waals surface area contributed by atoms with Crippen LogP contribution in [0.25, 0.3) is 33.2 Å². The lowest BCUT2D eigenvalue weighted by Gasteiger charge is -2.20. The summed E-state index contributed by atoms with van der Waals surface area (Å²) in [6.45, 7) is 5.63. The van der Waals surface area contributed by atoms with Crippen LogP contribution >= 0.6 is 11.6 Å². The van der Waals surface area contributed by atoms with Crippen molar-refractivity contribution in [3.8, 4) is 11.3 Å². The molecule has 0 fully saturated rings. The van der Waals surface area contributed by atoms with Crippen LogP contribution in [0.3, 0.4) is 0 Å². The first kappa shape index (κ1) is 24.5. The van der Waals surface area contributed by atoms with Crippen molar-refractivity contribution in [3.05, 3.63) is 86.4 Å². The maximum Gasteiger partial charge on any atom is 0.358 e. The number of halogens is 1. The topological polar surface area (TPSA) is 99.2 Å². The SMILES string of the molecule is COC(=O)c1nc(Cl)ccc1NC(C)c1cc(C)cc2c(=O)c(C)c(-c3ccc4nn(C)cc4c3)oc12. The molecule has 0 saturated carbocycles. The summed E-state index contributed by atoms with van der Waals surface area (Å²) in [6.07, 6.45) is 1.92. The number of anilines is 1. The Balaban J connectivity index is 1.66. The van der Waals surface area contributed by atoms with E-state index in [4.69, 9.17) is 20.8 Å². The van der Waals surface area contributed by atoms with Crippen LogP contribution in [0.4, 0.5) is 5.69 Å². The van der Waals surface area contributed by atoms with E-state index < -0.39 is 5.97 Å². The van der Waals surface area contributed by atoms with Crippen molar-refractivity contribution in [1.29, 1.82) is 0 Å². The van der Waals surface area contributed by atoms with Gasteiger partial charge in [-0.25, -0.2) is 9.78 Å². The standard InChI is InChI=1S/C28H25ClN4O4/c1-14-10-19(16(3)30-22-8-9-23(29)31-24(22)28(35)36-5)27-20(11-14)25(34)15(2)26(37-27)17-6-7-21-18(12-17)13-33(4)32-21/h6-13,16,30H,1-5H3. The second kappa shape index (κ2) is 9.37. The maximum absolute atomic E-state index is 13.5. The van der Waals surface area contributed by atoms with Crippen LogP contribution < -0.4 is 10.7 Å². The Hall–Kier alpha value is -4.17. The average Bonchev–Trinajstić information content (AvgIpc) is 3.25. The molecule has 3 aromatic heterocycles. The van der Waals surface area contributed by atoms with Gasteiger partial charge in [0.05, 0.1) is 29.7 Å². The van der Waals surface area contributed by atoms with Gasteiger partial charge in [-0.15, -0.1) is 0 Å². The van der Waals surface area contributed by atoms with Gasteiger partial charge < -0.3 is 14.5 Å². The minimum Gasteiger partial charge on any atom is -0.464 e. The predicted molar refractivity (Wildman–Crippen MR) is 144 cm³/mol. The number of carbonyl (C=O) groups is 1. The number of hydrogen-bond acceptors (Lipinski definition) is 7. The Morgan fingerprint density at radius 2 is 1.95 bits per heavy atom. The molecule has 3 heterocycles. The van der Waals surface area contributed by atoms with E-state index in [0.717, 1.165) is 27.6 Å². The zero-order valence-corrected chi connectivity index (χ0v) is 21.8. The summed E-state index contributed by atoms with van der Waals surface area (Å²) in [5.74, 6) is -0.106. The van der Waals surface area contributed by atoms with E-state index in [-0.39, 0.29) is 22.3 Å². The van der Waals surface area contributed by atoms with E-state index in [2.05, 4.69) is 15.4 Å². The lowest BCUT2D eigenvalue weighted by Crippen LogP contribution is -2.15. The number of fused-ring (bicyclic) bond motifs is 2. The fourth-order valence-electron chi connectivity index (χ4n) is 4.57. The first-order valence-electron chi connectivity index (χ1n) is 11.7. The van der Waals surface area contributed by atoms with Gasteiger partial charge >= 0.3 is 5.97 Å². The zero-order valence-electron chi connectivity index (χ0n) is 21.0. The fraction of sp³-hybridized carbons (Fsp3) is 0.214. The van der Waals surface area contributed by atoms with Gasteiger partial charge in [0, 0.05) is 35.3 Å². The van der Waals surface area contributed by atoms with Crippen LogP contribution in [0, 0.1) is 13.8 Å². The Morgan fingerprint density at radius 1 is 1.16 bits per heavy atom. The summed E-state index contributed by atoms with van der Waals surface area (Å²) < 4.78 is 13.1. The van der Waals surface area contributed by atoms with Gasteiger partial charge in [0.1, 0.15) is 16.5 Å². The molecule has 0 aliphatic heterocycles.